The normalized spacial score (nSPS) is 14.7. The van der Waals surface area contributed by atoms with Crippen LogP contribution in [0.1, 0.15) is 72.3 Å². The van der Waals surface area contributed by atoms with Crippen LogP contribution in [0.4, 0.5) is 0 Å². The van der Waals surface area contributed by atoms with Crippen LogP contribution in [0.25, 0.3) is 11.0 Å². The van der Waals surface area contributed by atoms with E-state index < -0.39 is 56.9 Å². The number of benzene rings is 3. The van der Waals surface area contributed by atoms with E-state index >= 15 is 0 Å². The van der Waals surface area contributed by atoms with Crippen molar-refractivity contribution in [3.63, 3.8) is 0 Å². The van der Waals surface area contributed by atoms with Crippen LogP contribution in [0.5, 0.6) is 5.75 Å². The number of aromatic hydroxyl groups is 1. The number of carbonyl (C=O) groups excluding carboxylic acids is 3. The molecule has 3 amide bonds. The molecule has 0 bridgehead atoms. The maximum absolute atomic E-state index is 13.1. The Labute approximate surface area is 233 Å². The number of hydrogen-bond donors (Lipinski definition) is 3. The number of amides is 3. The third-order valence-electron chi connectivity index (χ3n) is 7.26. The highest BCUT2D eigenvalue weighted by Crippen LogP contribution is 2.41. The molecule has 210 valence electrons. The summed E-state index contributed by atoms with van der Waals surface area (Å²) in [7, 11) is -5.00. The molecular weight excluding hydrogens is 552 g/mol. The number of hydrogen-bond acceptors (Lipinski definition) is 8. The Kier molecular flexibility index (Phi) is 6.97. The Hall–Kier alpha value is -4.81. The number of imide groups is 1. The molecule has 2 heterocycles. The molecule has 41 heavy (non-hydrogen) atoms. The molecule has 12 heteroatoms. The number of carbonyl (C=O) groups is 3. The highest BCUT2D eigenvalue weighted by Gasteiger charge is 2.41. The van der Waals surface area contributed by atoms with Crippen LogP contribution in [0.2, 0.25) is 0 Å². The van der Waals surface area contributed by atoms with Crippen molar-refractivity contribution in [2.45, 2.75) is 24.5 Å². The maximum Gasteiger partial charge on any atom is 0.343 e. The van der Waals surface area contributed by atoms with E-state index in [1.54, 1.807) is 31.2 Å². The molecule has 4 N–H and O–H groups in total. The van der Waals surface area contributed by atoms with Crippen LogP contribution in [0.15, 0.2) is 75.9 Å². The average molecular weight is 577 g/mol. The van der Waals surface area contributed by atoms with Gasteiger partial charge in [-0.15, -0.1) is 0 Å². The molecule has 5 rings (SSSR count). The second-order valence-electron chi connectivity index (χ2n) is 9.59. The zero-order valence-corrected chi connectivity index (χ0v) is 22.4. The number of nitrogens with zero attached hydrogens (tertiary/aromatic N) is 1. The molecule has 0 saturated carbocycles. The van der Waals surface area contributed by atoms with Gasteiger partial charge in [0, 0.05) is 11.5 Å². The molecular formula is C29H24N2O9S. The summed E-state index contributed by atoms with van der Waals surface area (Å²) < 4.78 is 41.4. The molecule has 1 aliphatic heterocycles. The van der Waals surface area contributed by atoms with Crippen molar-refractivity contribution in [3.05, 3.63) is 111 Å². The predicted octanol–water partition coefficient (Wildman–Crippen LogP) is 3.36. The molecule has 11 nitrogen and oxygen atoms in total. The van der Waals surface area contributed by atoms with Gasteiger partial charge in [-0.05, 0) is 53.9 Å². The minimum Gasteiger partial charge on any atom is -0.507 e. The molecule has 2 unspecified atom stereocenters. The van der Waals surface area contributed by atoms with Gasteiger partial charge in [0.2, 0.25) is 5.91 Å². The Balaban J connectivity index is 1.70. The third kappa shape index (κ3) is 4.77. The SMILES string of the molecule is CCC(c1cc(C(N)=O)ccc1C(CN1C(=O)c2ccccc2C1=O)S(=O)(=O)O)c1c(O)c2ccccc2oc1=O. The van der Waals surface area contributed by atoms with Gasteiger partial charge in [0.15, 0.2) is 0 Å². The quantitative estimate of drug-likeness (QED) is 0.161. The molecule has 0 fully saturated rings. The van der Waals surface area contributed by atoms with Gasteiger partial charge >= 0.3 is 5.63 Å². The lowest BCUT2D eigenvalue weighted by Crippen LogP contribution is -2.36. The van der Waals surface area contributed by atoms with Crippen LogP contribution in [0, 0.1) is 0 Å². The number of fused-ring (bicyclic) bond motifs is 2. The first kappa shape index (κ1) is 27.7. The molecule has 4 aromatic rings. The molecule has 1 aliphatic rings. The Bertz CT molecular complexity index is 1880. The molecule has 2 atom stereocenters. The minimum absolute atomic E-state index is 0.0401. The van der Waals surface area contributed by atoms with Crippen LogP contribution in [-0.2, 0) is 10.1 Å². The van der Waals surface area contributed by atoms with Gasteiger partial charge in [-0.3, -0.25) is 23.8 Å². The van der Waals surface area contributed by atoms with E-state index in [0.717, 1.165) is 4.90 Å². The lowest BCUT2D eigenvalue weighted by Gasteiger charge is -2.26. The van der Waals surface area contributed by atoms with Crippen molar-refractivity contribution < 1.29 is 36.9 Å². The van der Waals surface area contributed by atoms with E-state index in [4.69, 9.17) is 10.2 Å². The second kappa shape index (κ2) is 10.3. The van der Waals surface area contributed by atoms with E-state index in [-0.39, 0.29) is 50.8 Å². The van der Waals surface area contributed by atoms with Gasteiger partial charge < -0.3 is 15.3 Å². The number of para-hydroxylation sites is 1. The smallest absolute Gasteiger partial charge is 0.343 e. The fourth-order valence-corrected chi connectivity index (χ4v) is 6.15. The zero-order chi connectivity index (χ0) is 29.6. The van der Waals surface area contributed by atoms with Crippen LogP contribution >= 0.6 is 0 Å². The fourth-order valence-electron chi connectivity index (χ4n) is 5.28. The van der Waals surface area contributed by atoms with E-state index in [2.05, 4.69) is 0 Å². The van der Waals surface area contributed by atoms with Gasteiger partial charge in [0.1, 0.15) is 16.6 Å². The summed E-state index contributed by atoms with van der Waals surface area (Å²) >= 11 is 0. The Morgan fingerprint density at radius 2 is 1.56 bits per heavy atom. The first-order valence-corrected chi connectivity index (χ1v) is 14.0. The van der Waals surface area contributed by atoms with Gasteiger partial charge in [-0.1, -0.05) is 37.3 Å². The van der Waals surface area contributed by atoms with Gasteiger partial charge in [-0.25, -0.2) is 4.79 Å². The first-order valence-electron chi connectivity index (χ1n) is 12.5. The summed E-state index contributed by atoms with van der Waals surface area (Å²) in [5, 5.41) is 9.50. The first-order chi connectivity index (χ1) is 19.4. The largest absolute Gasteiger partial charge is 0.507 e. The van der Waals surface area contributed by atoms with Gasteiger partial charge in [0.25, 0.3) is 21.9 Å². The van der Waals surface area contributed by atoms with E-state index in [1.807, 2.05) is 0 Å². The second-order valence-corrected chi connectivity index (χ2v) is 11.2. The fraction of sp³-hybridized carbons (Fsp3) is 0.172. The van der Waals surface area contributed by atoms with Gasteiger partial charge in [-0.2, -0.15) is 8.42 Å². The van der Waals surface area contributed by atoms with E-state index in [9.17, 15) is 37.3 Å². The Morgan fingerprint density at radius 3 is 2.15 bits per heavy atom. The number of nitrogens with two attached hydrogens (primary N) is 1. The number of rotatable bonds is 8. The summed E-state index contributed by atoms with van der Waals surface area (Å²) in [6.07, 6.45) is 0.108. The summed E-state index contributed by atoms with van der Waals surface area (Å²) in [5.74, 6) is -3.78. The number of primary amides is 1. The zero-order valence-electron chi connectivity index (χ0n) is 21.6. The topological polar surface area (TPSA) is 185 Å². The molecule has 3 aromatic carbocycles. The minimum atomic E-state index is -5.00. The summed E-state index contributed by atoms with van der Waals surface area (Å²) in [4.78, 5) is 52.0. The molecule has 0 radical (unpaired) electrons. The maximum atomic E-state index is 13.1. The van der Waals surface area contributed by atoms with Crippen molar-refractivity contribution in [2.75, 3.05) is 6.54 Å². The van der Waals surface area contributed by atoms with Crippen molar-refractivity contribution in [2.24, 2.45) is 5.73 Å². The predicted molar refractivity (Wildman–Crippen MR) is 147 cm³/mol. The molecule has 0 aliphatic carbocycles. The van der Waals surface area contributed by atoms with Crippen molar-refractivity contribution >= 4 is 38.8 Å². The highest BCUT2D eigenvalue weighted by molar-refractivity contribution is 7.86. The van der Waals surface area contributed by atoms with E-state index in [1.165, 1.54) is 42.5 Å². The summed E-state index contributed by atoms with van der Waals surface area (Å²) in [6.45, 7) is 0.898. The highest BCUT2D eigenvalue weighted by atomic mass is 32.2. The van der Waals surface area contributed by atoms with E-state index in [0.29, 0.717) is 0 Å². The standard InChI is InChI=1S/C29H24N2O9S/c1-2-16(24-25(32)20-9-5-6-10-22(20)40-29(24)36)21-13-15(26(30)33)11-12-17(21)23(41(37,38)39)14-31-27(34)18-7-3-4-8-19(18)28(31)35/h3-13,16,23,32H,2,14H2,1H3,(H2,30,33)(H,37,38,39). The van der Waals surface area contributed by atoms with Crippen molar-refractivity contribution in [1.29, 1.82) is 0 Å². The Morgan fingerprint density at radius 1 is 0.951 bits per heavy atom. The molecule has 0 spiro atoms. The monoisotopic (exact) mass is 576 g/mol. The summed E-state index contributed by atoms with van der Waals surface area (Å²) in [6, 6.07) is 16.0. The van der Waals surface area contributed by atoms with Crippen LogP contribution in [-0.4, -0.2) is 47.2 Å². The third-order valence-corrected chi connectivity index (χ3v) is 8.38. The summed E-state index contributed by atoms with van der Waals surface area (Å²) in [5.41, 5.74) is 4.60. The van der Waals surface area contributed by atoms with Crippen molar-refractivity contribution in [3.8, 4) is 5.75 Å². The van der Waals surface area contributed by atoms with Crippen LogP contribution in [0.3, 0.4) is 0 Å². The average Bonchev–Trinajstić information content (AvgIpc) is 3.17. The molecule has 1 aromatic heterocycles. The van der Waals surface area contributed by atoms with Gasteiger partial charge in [0.05, 0.1) is 28.6 Å². The lowest BCUT2D eigenvalue weighted by atomic mass is 9.84. The molecule has 0 saturated heterocycles. The van der Waals surface area contributed by atoms with Crippen LogP contribution < -0.4 is 11.4 Å². The van der Waals surface area contributed by atoms with Crippen molar-refractivity contribution in [1.82, 2.24) is 4.90 Å². The lowest BCUT2D eigenvalue weighted by molar-refractivity contribution is 0.0653.